The van der Waals surface area contributed by atoms with Crippen LogP contribution in [0.4, 0.5) is 4.39 Å². The number of aliphatic hydroxyl groups excluding tert-OH is 1. The molecule has 0 atom stereocenters. The van der Waals surface area contributed by atoms with Crippen LogP contribution in [0, 0.1) is 5.82 Å². The van der Waals surface area contributed by atoms with Gasteiger partial charge in [0.25, 0.3) is 0 Å². The third-order valence-electron chi connectivity index (χ3n) is 2.50. The van der Waals surface area contributed by atoms with Crippen LogP contribution in [0.2, 0.25) is 0 Å². The molecule has 4 heteroatoms. The molecule has 0 bridgehead atoms. The highest BCUT2D eigenvalue weighted by Crippen LogP contribution is 2.24. The smallest absolute Gasteiger partial charge is 0.137 e. The second-order valence-corrected chi connectivity index (χ2v) is 3.58. The zero-order valence-corrected chi connectivity index (χ0v) is 9.35. The number of ether oxygens (including phenoxy) is 1. The summed E-state index contributed by atoms with van der Waals surface area (Å²) < 4.78 is 18.3. The second kappa shape index (κ2) is 4.93. The maximum Gasteiger partial charge on any atom is 0.137 e. The van der Waals surface area contributed by atoms with Crippen molar-refractivity contribution in [3.63, 3.8) is 0 Å². The van der Waals surface area contributed by atoms with E-state index in [1.165, 1.54) is 6.07 Å². The van der Waals surface area contributed by atoms with Gasteiger partial charge in [0.05, 0.1) is 19.9 Å². The lowest BCUT2D eigenvalue weighted by Crippen LogP contribution is -1.91. The molecule has 88 valence electrons. The Bertz CT molecular complexity index is 529. The van der Waals surface area contributed by atoms with E-state index in [2.05, 4.69) is 4.98 Å². The van der Waals surface area contributed by atoms with E-state index in [1.54, 1.807) is 37.7 Å². The molecule has 1 heterocycles. The lowest BCUT2D eigenvalue weighted by molar-refractivity contribution is 0.276. The Morgan fingerprint density at radius 2 is 2.06 bits per heavy atom. The minimum absolute atomic E-state index is 0.269. The van der Waals surface area contributed by atoms with Crippen molar-refractivity contribution in [2.45, 2.75) is 6.61 Å². The quantitative estimate of drug-likeness (QED) is 0.885. The van der Waals surface area contributed by atoms with Crippen molar-refractivity contribution in [3.05, 3.63) is 48.0 Å². The van der Waals surface area contributed by atoms with Crippen molar-refractivity contribution in [2.75, 3.05) is 7.11 Å². The monoisotopic (exact) mass is 233 g/mol. The van der Waals surface area contributed by atoms with Crippen LogP contribution < -0.4 is 4.74 Å². The molecule has 0 radical (unpaired) electrons. The molecule has 1 aromatic carbocycles. The number of aromatic nitrogens is 1. The molecule has 0 unspecified atom stereocenters. The zero-order valence-electron chi connectivity index (χ0n) is 9.35. The number of nitrogens with zero attached hydrogens (tertiary/aromatic N) is 1. The van der Waals surface area contributed by atoms with Crippen molar-refractivity contribution >= 4 is 0 Å². The van der Waals surface area contributed by atoms with E-state index >= 15 is 0 Å². The zero-order chi connectivity index (χ0) is 12.3. The minimum atomic E-state index is -0.410. The van der Waals surface area contributed by atoms with Gasteiger partial charge in [0.1, 0.15) is 11.6 Å². The van der Waals surface area contributed by atoms with Crippen LogP contribution in [0.25, 0.3) is 11.1 Å². The molecule has 3 nitrogen and oxygen atoms in total. The minimum Gasteiger partial charge on any atom is -0.495 e. The van der Waals surface area contributed by atoms with Crippen LogP contribution in [0.1, 0.15) is 5.56 Å². The number of benzene rings is 1. The SMILES string of the molecule is COc1cncc(-c2ccc(F)c(CO)c2)c1. The first kappa shape index (κ1) is 11.5. The lowest BCUT2D eigenvalue weighted by atomic mass is 10.0. The van der Waals surface area contributed by atoms with Crippen molar-refractivity contribution in [3.8, 4) is 16.9 Å². The predicted molar refractivity (Wildman–Crippen MR) is 62.1 cm³/mol. The average molecular weight is 233 g/mol. The normalized spacial score (nSPS) is 10.3. The number of rotatable bonds is 3. The molecular weight excluding hydrogens is 221 g/mol. The van der Waals surface area contributed by atoms with Crippen molar-refractivity contribution in [1.29, 1.82) is 0 Å². The Balaban J connectivity index is 2.45. The van der Waals surface area contributed by atoms with E-state index in [4.69, 9.17) is 9.84 Å². The fourth-order valence-corrected chi connectivity index (χ4v) is 1.56. The van der Waals surface area contributed by atoms with Crippen LogP contribution >= 0.6 is 0 Å². The van der Waals surface area contributed by atoms with E-state index in [9.17, 15) is 4.39 Å². The van der Waals surface area contributed by atoms with Crippen LogP contribution in [0.5, 0.6) is 5.75 Å². The van der Waals surface area contributed by atoms with Gasteiger partial charge in [-0.2, -0.15) is 0 Å². The molecule has 0 aliphatic rings. The average Bonchev–Trinajstić information content (AvgIpc) is 2.39. The predicted octanol–water partition coefficient (Wildman–Crippen LogP) is 2.39. The number of methoxy groups -OCH3 is 1. The van der Waals surface area contributed by atoms with Crippen molar-refractivity contribution < 1.29 is 14.2 Å². The summed E-state index contributed by atoms with van der Waals surface area (Å²) in [7, 11) is 1.56. The fraction of sp³-hybridized carbons (Fsp3) is 0.154. The third kappa shape index (κ3) is 2.42. The maximum absolute atomic E-state index is 13.2. The van der Waals surface area contributed by atoms with Gasteiger partial charge in [0.2, 0.25) is 0 Å². The summed E-state index contributed by atoms with van der Waals surface area (Å²) in [6.45, 7) is -0.322. The highest BCUT2D eigenvalue weighted by atomic mass is 19.1. The Labute approximate surface area is 98.5 Å². The summed E-state index contributed by atoms with van der Waals surface area (Å²) in [6, 6.07) is 6.39. The number of hydrogen-bond acceptors (Lipinski definition) is 3. The van der Waals surface area contributed by atoms with Crippen LogP contribution in [0.3, 0.4) is 0 Å². The van der Waals surface area contributed by atoms with Gasteiger partial charge in [0, 0.05) is 17.3 Å². The summed E-state index contributed by atoms with van der Waals surface area (Å²) in [6.07, 6.45) is 3.26. The van der Waals surface area contributed by atoms with E-state index < -0.39 is 5.82 Å². The number of hydrogen-bond donors (Lipinski definition) is 1. The molecular formula is C13H12FNO2. The third-order valence-corrected chi connectivity index (χ3v) is 2.50. The highest BCUT2D eigenvalue weighted by molar-refractivity contribution is 5.64. The number of pyridine rings is 1. The van der Waals surface area contributed by atoms with E-state index in [1.807, 2.05) is 0 Å². The molecule has 1 N–H and O–H groups in total. The molecule has 0 fully saturated rings. The largest absolute Gasteiger partial charge is 0.495 e. The maximum atomic E-state index is 13.2. The summed E-state index contributed by atoms with van der Waals surface area (Å²) >= 11 is 0. The van der Waals surface area contributed by atoms with Gasteiger partial charge < -0.3 is 9.84 Å². The van der Waals surface area contributed by atoms with Crippen molar-refractivity contribution in [2.24, 2.45) is 0 Å². The van der Waals surface area contributed by atoms with Gasteiger partial charge in [-0.25, -0.2) is 4.39 Å². The van der Waals surface area contributed by atoms with Gasteiger partial charge in [-0.05, 0) is 23.8 Å². The molecule has 0 amide bonds. The van der Waals surface area contributed by atoms with Crippen LogP contribution in [0.15, 0.2) is 36.7 Å². The van der Waals surface area contributed by atoms with E-state index in [-0.39, 0.29) is 12.2 Å². The molecule has 17 heavy (non-hydrogen) atoms. The van der Waals surface area contributed by atoms with Crippen molar-refractivity contribution in [1.82, 2.24) is 4.98 Å². The molecule has 0 saturated heterocycles. The van der Waals surface area contributed by atoms with E-state index in [0.717, 1.165) is 11.1 Å². The Morgan fingerprint density at radius 3 is 2.76 bits per heavy atom. The highest BCUT2D eigenvalue weighted by Gasteiger charge is 2.05. The molecule has 0 aliphatic carbocycles. The fourth-order valence-electron chi connectivity index (χ4n) is 1.56. The second-order valence-electron chi connectivity index (χ2n) is 3.58. The topological polar surface area (TPSA) is 42.4 Å². The Hall–Kier alpha value is -1.94. The van der Waals surface area contributed by atoms with Gasteiger partial charge in [-0.3, -0.25) is 4.98 Å². The molecule has 2 rings (SSSR count). The molecule has 0 spiro atoms. The Morgan fingerprint density at radius 1 is 1.24 bits per heavy atom. The molecule has 0 saturated carbocycles. The first-order valence-corrected chi connectivity index (χ1v) is 5.13. The summed E-state index contributed by atoms with van der Waals surface area (Å²) in [4.78, 5) is 4.03. The summed E-state index contributed by atoms with van der Waals surface area (Å²) in [5.74, 6) is 0.226. The standard InChI is InChI=1S/C13H12FNO2/c1-17-12-5-10(6-15-7-12)9-2-3-13(14)11(4-9)8-16/h2-7,16H,8H2,1H3. The summed E-state index contributed by atoms with van der Waals surface area (Å²) in [5.41, 5.74) is 1.88. The molecule has 0 aliphatic heterocycles. The van der Waals surface area contributed by atoms with Gasteiger partial charge in [-0.15, -0.1) is 0 Å². The Kier molecular flexibility index (Phi) is 3.35. The van der Waals surface area contributed by atoms with Crippen LogP contribution in [-0.2, 0) is 6.61 Å². The van der Waals surface area contributed by atoms with E-state index in [0.29, 0.717) is 5.75 Å². The lowest BCUT2D eigenvalue weighted by Gasteiger charge is -2.06. The van der Waals surface area contributed by atoms with Gasteiger partial charge >= 0.3 is 0 Å². The summed E-state index contributed by atoms with van der Waals surface area (Å²) in [5, 5.41) is 9.01. The first-order valence-electron chi connectivity index (χ1n) is 5.13. The van der Waals surface area contributed by atoms with Crippen LogP contribution in [-0.4, -0.2) is 17.2 Å². The number of aliphatic hydroxyl groups is 1. The number of halogens is 1. The van der Waals surface area contributed by atoms with Gasteiger partial charge in [-0.1, -0.05) is 6.07 Å². The first-order chi connectivity index (χ1) is 8.24. The van der Waals surface area contributed by atoms with Gasteiger partial charge in [0.15, 0.2) is 0 Å². The molecule has 1 aromatic heterocycles. The molecule has 2 aromatic rings.